The predicted molar refractivity (Wildman–Crippen MR) is 123 cm³/mol. The van der Waals surface area contributed by atoms with Crippen LogP contribution in [0.1, 0.15) is 49.7 Å². The van der Waals surface area contributed by atoms with Crippen LogP contribution in [-0.4, -0.2) is 5.54 Å². The number of nitrogens with one attached hydrogen (secondary N) is 1. The molecule has 0 spiro atoms. The molecule has 0 unspecified atom stereocenters. The number of hydrogen-bond acceptors (Lipinski definition) is 2. The number of ether oxygens (including phenoxy) is 1. The molecule has 1 N–H and O–H groups in total. The fourth-order valence-corrected chi connectivity index (χ4v) is 7.10. The molecule has 4 saturated carbocycles. The summed E-state index contributed by atoms with van der Waals surface area (Å²) >= 11 is 15.9. The van der Waals surface area contributed by atoms with E-state index in [-0.39, 0.29) is 0 Å². The standard InChI is InChI=1S/C24H26BrCl2NO/c25-20-2-4-23(29-14-18-1-3-21(26)9-22(18)27)19(8-20)13-28-24-10-15-5-16(11-24)7-17(6-15)12-24/h1-4,8-9,15-17,28H,5-7,10-14H2. The molecule has 4 aliphatic rings. The average molecular weight is 495 g/mol. The van der Waals surface area contributed by atoms with Gasteiger partial charge in [-0.15, -0.1) is 0 Å². The lowest BCUT2D eigenvalue weighted by atomic mass is 9.53. The van der Waals surface area contributed by atoms with Crippen LogP contribution in [-0.2, 0) is 13.2 Å². The van der Waals surface area contributed by atoms with Gasteiger partial charge in [0.1, 0.15) is 12.4 Å². The topological polar surface area (TPSA) is 21.3 Å². The molecule has 29 heavy (non-hydrogen) atoms. The molecular formula is C24H26BrCl2NO. The zero-order valence-electron chi connectivity index (χ0n) is 16.4. The van der Waals surface area contributed by atoms with Crippen molar-refractivity contribution in [2.75, 3.05) is 0 Å². The SMILES string of the molecule is Clc1ccc(COc2ccc(Br)cc2CNC23CC4CC(CC(C4)C2)C3)c(Cl)c1. The Hall–Kier alpha value is -0.740. The normalized spacial score (nSPS) is 30.0. The van der Waals surface area contributed by atoms with Crippen LogP contribution in [0.3, 0.4) is 0 Å². The summed E-state index contributed by atoms with van der Waals surface area (Å²) in [5, 5.41) is 5.27. The Bertz CT molecular complexity index is 880. The highest BCUT2D eigenvalue weighted by atomic mass is 79.9. The summed E-state index contributed by atoms with van der Waals surface area (Å²) in [7, 11) is 0. The zero-order valence-corrected chi connectivity index (χ0v) is 19.5. The molecule has 0 amide bonds. The summed E-state index contributed by atoms with van der Waals surface area (Å²) in [6, 6.07) is 11.8. The number of hydrogen-bond donors (Lipinski definition) is 1. The van der Waals surface area contributed by atoms with Crippen molar-refractivity contribution in [1.82, 2.24) is 5.32 Å². The zero-order chi connectivity index (χ0) is 20.0. The van der Waals surface area contributed by atoms with E-state index in [9.17, 15) is 0 Å². The molecule has 4 aliphatic carbocycles. The van der Waals surface area contributed by atoms with Crippen molar-refractivity contribution in [2.45, 2.75) is 57.2 Å². The van der Waals surface area contributed by atoms with Crippen LogP contribution in [0, 0.1) is 17.8 Å². The average Bonchev–Trinajstić information content (AvgIpc) is 2.66. The minimum Gasteiger partial charge on any atom is -0.489 e. The van der Waals surface area contributed by atoms with Crippen LogP contribution in [0.5, 0.6) is 5.75 Å². The van der Waals surface area contributed by atoms with Gasteiger partial charge in [-0.1, -0.05) is 45.2 Å². The minimum absolute atomic E-state index is 0.341. The Morgan fingerprint density at radius 1 is 0.931 bits per heavy atom. The third-order valence-corrected chi connectivity index (χ3v) is 8.19. The van der Waals surface area contributed by atoms with Crippen molar-refractivity contribution in [1.29, 1.82) is 0 Å². The summed E-state index contributed by atoms with van der Waals surface area (Å²) in [5.41, 5.74) is 2.48. The quantitative estimate of drug-likeness (QED) is 0.451. The molecule has 0 heterocycles. The van der Waals surface area contributed by atoms with Gasteiger partial charge in [0, 0.05) is 37.7 Å². The van der Waals surface area contributed by atoms with Gasteiger partial charge in [-0.25, -0.2) is 0 Å². The fourth-order valence-electron chi connectivity index (χ4n) is 6.23. The van der Waals surface area contributed by atoms with Gasteiger partial charge >= 0.3 is 0 Å². The Kier molecular flexibility index (Phi) is 5.62. The largest absolute Gasteiger partial charge is 0.489 e. The third-order valence-electron chi connectivity index (χ3n) is 7.11. The summed E-state index contributed by atoms with van der Waals surface area (Å²) in [4.78, 5) is 0. The summed E-state index contributed by atoms with van der Waals surface area (Å²) < 4.78 is 7.26. The third kappa shape index (κ3) is 4.35. The predicted octanol–water partition coefficient (Wildman–Crippen LogP) is 7.39. The lowest BCUT2D eigenvalue weighted by Gasteiger charge is -2.57. The second kappa shape index (κ2) is 8.07. The first kappa shape index (κ1) is 20.2. The van der Waals surface area contributed by atoms with E-state index in [0.29, 0.717) is 22.2 Å². The number of halogens is 3. The van der Waals surface area contributed by atoms with Crippen molar-refractivity contribution >= 4 is 39.1 Å². The molecule has 0 radical (unpaired) electrons. The van der Waals surface area contributed by atoms with Gasteiger partial charge < -0.3 is 10.1 Å². The lowest BCUT2D eigenvalue weighted by molar-refractivity contribution is -0.0206. The van der Waals surface area contributed by atoms with E-state index in [4.69, 9.17) is 27.9 Å². The van der Waals surface area contributed by atoms with Gasteiger partial charge in [0.2, 0.25) is 0 Å². The van der Waals surface area contributed by atoms with Gasteiger partial charge in [-0.2, -0.15) is 0 Å². The molecule has 2 nitrogen and oxygen atoms in total. The van der Waals surface area contributed by atoms with Gasteiger partial charge in [0.15, 0.2) is 0 Å². The molecule has 5 heteroatoms. The molecule has 154 valence electrons. The summed E-state index contributed by atoms with van der Waals surface area (Å²) in [5.74, 6) is 3.74. The van der Waals surface area contributed by atoms with E-state index in [1.54, 1.807) is 6.07 Å². The summed E-state index contributed by atoms with van der Waals surface area (Å²) in [6.45, 7) is 1.28. The first-order chi connectivity index (χ1) is 14.0. The van der Waals surface area contributed by atoms with Crippen molar-refractivity contribution in [3.05, 3.63) is 62.0 Å². The van der Waals surface area contributed by atoms with E-state index in [1.807, 2.05) is 24.3 Å². The second-order valence-electron chi connectivity index (χ2n) is 9.33. The van der Waals surface area contributed by atoms with Crippen LogP contribution in [0.25, 0.3) is 0 Å². The molecule has 0 aromatic heterocycles. The van der Waals surface area contributed by atoms with Crippen molar-refractivity contribution in [3.63, 3.8) is 0 Å². The van der Waals surface area contributed by atoms with E-state index in [2.05, 4.69) is 27.3 Å². The van der Waals surface area contributed by atoms with E-state index >= 15 is 0 Å². The number of benzene rings is 2. The van der Waals surface area contributed by atoms with E-state index in [1.165, 1.54) is 44.1 Å². The van der Waals surface area contributed by atoms with Crippen molar-refractivity contribution < 1.29 is 4.74 Å². The maximum absolute atomic E-state index is 6.31. The van der Waals surface area contributed by atoms with Crippen molar-refractivity contribution in [3.8, 4) is 5.75 Å². The second-order valence-corrected chi connectivity index (χ2v) is 11.1. The monoisotopic (exact) mass is 493 g/mol. The minimum atomic E-state index is 0.341. The van der Waals surface area contributed by atoms with Crippen LogP contribution in [0.4, 0.5) is 0 Å². The van der Waals surface area contributed by atoms with Gasteiger partial charge in [0.05, 0.1) is 0 Å². The lowest BCUT2D eigenvalue weighted by Crippen LogP contribution is -2.58. The number of rotatable bonds is 6. The highest BCUT2D eigenvalue weighted by Gasteiger charge is 2.50. The maximum Gasteiger partial charge on any atom is 0.124 e. The van der Waals surface area contributed by atoms with Gasteiger partial charge in [-0.3, -0.25) is 0 Å². The van der Waals surface area contributed by atoms with Crippen LogP contribution in [0.2, 0.25) is 10.0 Å². The molecule has 4 fully saturated rings. The highest BCUT2D eigenvalue weighted by molar-refractivity contribution is 9.10. The molecule has 4 bridgehead atoms. The van der Waals surface area contributed by atoms with E-state index in [0.717, 1.165) is 40.1 Å². The molecule has 0 saturated heterocycles. The smallest absolute Gasteiger partial charge is 0.124 e. The van der Waals surface area contributed by atoms with E-state index < -0.39 is 0 Å². The Morgan fingerprint density at radius 2 is 1.62 bits per heavy atom. The highest BCUT2D eigenvalue weighted by Crippen LogP contribution is 2.55. The van der Waals surface area contributed by atoms with Crippen LogP contribution < -0.4 is 10.1 Å². The molecule has 6 rings (SSSR count). The van der Waals surface area contributed by atoms with Crippen molar-refractivity contribution in [2.24, 2.45) is 17.8 Å². The fraction of sp³-hybridized carbons (Fsp3) is 0.500. The maximum atomic E-state index is 6.31. The molecule has 2 aromatic rings. The molecule has 0 aliphatic heterocycles. The summed E-state index contributed by atoms with van der Waals surface area (Å²) in [6.07, 6.45) is 8.45. The van der Waals surface area contributed by atoms with Gasteiger partial charge in [0.25, 0.3) is 0 Å². The first-order valence-electron chi connectivity index (χ1n) is 10.6. The molecule has 2 aromatic carbocycles. The van der Waals surface area contributed by atoms with Gasteiger partial charge in [-0.05, 0) is 86.6 Å². The Balaban J connectivity index is 1.29. The van der Waals surface area contributed by atoms with Crippen LogP contribution in [0.15, 0.2) is 40.9 Å². The Labute approximate surface area is 191 Å². The Morgan fingerprint density at radius 3 is 2.28 bits per heavy atom. The van der Waals surface area contributed by atoms with Crippen LogP contribution >= 0.6 is 39.1 Å². The molecule has 0 atom stereocenters. The molecular weight excluding hydrogens is 469 g/mol. The first-order valence-corrected chi connectivity index (χ1v) is 12.1.